The quantitative estimate of drug-likeness (QED) is 0.533. The van der Waals surface area contributed by atoms with Crippen LogP contribution >= 0.6 is 23.2 Å². The topological polar surface area (TPSA) is 79.8 Å². The van der Waals surface area contributed by atoms with E-state index in [0.717, 1.165) is 40.7 Å². The van der Waals surface area contributed by atoms with Crippen LogP contribution in [0.3, 0.4) is 0 Å². The highest BCUT2D eigenvalue weighted by Gasteiger charge is 2.32. The fourth-order valence-corrected chi connectivity index (χ4v) is 4.55. The molecule has 0 unspecified atom stereocenters. The number of aromatic amines is 1. The van der Waals surface area contributed by atoms with Crippen LogP contribution in [0.4, 0.5) is 0 Å². The molecule has 1 atom stereocenters. The molecule has 0 spiro atoms. The molecule has 0 saturated carbocycles. The van der Waals surface area contributed by atoms with Crippen LogP contribution in [0.15, 0.2) is 42.6 Å². The molecule has 1 fully saturated rings. The van der Waals surface area contributed by atoms with Gasteiger partial charge in [0.05, 0.1) is 6.61 Å². The second kappa shape index (κ2) is 8.96. The minimum Gasteiger partial charge on any atom is -0.480 e. The van der Waals surface area contributed by atoms with Gasteiger partial charge in [0, 0.05) is 65.4 Å². The lowest BCUT2D eigenvalue weighted by molar-refractivity contribution is -0.144. The first-order chi connectivity index (χ1) is 14.5. The van der Waals surface area contributed by atoms with Gasteiger partial charge < -0.3 is 15.2 Å². The maximum Gasteiger partial charge on any atom is 0.325 e. The Morgan fingerprint density at radius 3 is 2.53 bits per heavy atom. The van der Waals surface area contributed by atoms with Crippen molar-refractivity contribution in [2.75, 3.05) is 26.2 Å². The minimum absolute atomic E-state index is 0.0494. The number of aromatic nitrogens is 1. The summed E-state index contributed by atoms with van der Waals surface area (Å²) in [6.07, 6.45) is 1.77. The van der Waals surface area contributed by atoms with E-state index < -0.39 is 12.0 Å². The molecule has 1 aromatic heterocycles. The van der Waals surface area contributed by atoms with Crippen LogP contribution in [-0.4, -0.2) is 57.1 Å². The predicted molar refractivity (Wildman–Crippen MR) is 118 cm³/mol. The van der Waals surface area contributed by atoms with Crippen molar-refractivity contribution in [3.05, 3.63) is 69.3 Å². The average Bonchev–Trinajstić information content (AvgIpc) is 3.14. The fraction of sp³-hybridized carbons (Fsp3) is 0.318. The highest BCUT2D eigenvalue weighted by molar-refractivity contribution is 6.35. The van der Waals surface area contributed by atoms with E-state index in [1.54, 1.807) is 12.3 Å². The van der Waals surface area contributed by atoms with Gasteiger partial charge in [-0.15, -0.1) is 0 Å². The third-order valence-corrected chi connectivity index (χ3v) is 6.26. The van der Waals surface area contributed by atoms with E-state index in [9.17, 15) is 15.0 Å². The van der Waals surface area contributed by atoms with Crippen molar-refractivity contribution < 1.29 is 15.0 Å². The molecule has 6 nitrogen and oxygen atoms in total. The number of hydrogen-bond acceptors (Lipinski definition) is 4. The molecule has 4 rings (SSSR count). The van der Waals surface area contributed by atoms with E-state index in [1.807, 2.05) is 35.2 Å². The molecule has 0 aliphatic carbocycles. The Hall–Kier alpha value is -2.09. The zero-order valence-corrected chi connectivity index (χ0v) is 17.8. The largest absolute Gasteiger partial charge is 0.480 e. The molecule has 2 heterocycles. The van der Waals surface area contributed by atoms with Gasteiger partial charge in [-0.1, -0.05) is 41.4 Å². The second-order valence-corrected chi connectivity index (χ2v) is 8.41. The van der Waals surface area contributed by atoms with Crippen LogP contribution < -0.4 is 0 Å². The van der Waals surface area contributed by atoms with Crippen molar-refractivity contribution in [2.24, 2.45) is 0 Å². The summed E-state index contributed by atoms with van der Waals surface area (Å²) in [4.78, 5) is 19.6. The van der Waals surface area contributed by atoms with E-state index in [0.29, 0.717) is 29.7 Å². The van der Waals surface area contributed by atoms with Gasteiger partial charge >= 0.3 is 5.97 Å². The van der Waals surface area contributed by atoms with E-state index in [4.69, 9.17) is 23.2 Å². The lowest BCUT2D eigenvalue weighted by Gasteiger charge is -2.37. The number of aliphatic carboxylic acids is 1. The van der Waals surface area contributed by atoms with Crippen molar-refractivity contribution in [1.29, 1.82) is 0 Å². The first kappa shape index (κ1) is 21.2. The molecule has 0 radical (unpaired) electrons. The first-order valence-electron chi connectivity index (χ1n) is 9.80. The van der Waals surface area contributed by atoms with Gasteiger partial charge in [-0.25, -0.2) is 0 Å². The number of carbonyl (C=O) groups is 1. The van der Waals surface area contributed by atoms with Crippen molar-refractivity contribution in [3.8, 4) is 0 Å². The summed E-state index contributed by atoms with van der Waals surface area (Å²) in [6.45, 7) is 3.44. The fourth-order valence-electron chi connectivity index (χ4n) is 4.08. The van der Waals surface area contributed by atoms with E-state index in [2.05, 4.69) is 9.88 Å². The Morgan fingerprint density at radius 1 is 1.10 bits per heavy atom. The summed E-state index contributed by atoms with van der Waals surface area (Å²) in [7, 11) is 0. The zero-order valence-electron chi connectivity index (χ0n) is 16.3. The Kier molecular flexibility index (Phi) is 6.32. The number of rotatable bonds is 6. The molecule has 2 aromatic carbocycles. The number of carboxylic acid groups (broad SMARTS) is 1. The average molecular weight is 448 g/mol. The molecular formula is C22H23Cl2N3O3. The highest BCUT2D eigenvalue weighted by atomic mass is 35.5. The number of aliphatic hydroxyl groups is 1. The molecule has 1 aliphatic rings. The standard InChI is InChI=1S/C22H23Cl2N3O3/c23-16-3-2-15(19(24)10-16)12-26-5-7-27(8-6-26)21(22(29)30)18-11-25-20-9-14(13-28)1-4-17(18)20/h1-4,9-11,21,25,28H,5-8,12-13H2,(H,29,30)/t21-/m0/s1. The summed E-state index contributed by atoms with van der Waals surface area (Å²) in [5, 5.41) is 21.4. The molecule has 8 heteroatoms. The Labute approximate surface area is 184 Å². The number of carboxylic acids is 1. The van der Waals surface area contributed by atoms with E-state index >= 15 is 0 Å². The van der Waals surface area contributed by atoms with Crippen LogP contribution in [0.5, 0.6) is 0 Å². The van der Waals surface area contributed by atoms with Crippen LogP contribution in [0.2, 0.25) is 10.0 Å². The lowest BCUT2D eigenvalue weighted by Crippen LogP contribution is -2.48. The summed E-state index contributed by atoms with van der Waals surface area (Å²) in [5.74, 6) is -0.865. The number of hydrogen-bond donors (Lipinski definition) is 3. The van der Waals surface area contributed by atoms with E-state index in [-0.39, 0.29) is 6.61 Å². The van der Waals surface area contributed by atoms with Gasteiger partial charge in [0.25, 0.3) is 0 Å². The molecular weight excluding hydrogens is 425 g/mol. The van der Waals surface area contributed by atoms with Crippen LogP contribution in [0.25, 0.3) is 10.9 Å². The van der Waals surface area contributed by atoms with Crippen molar-refractivity contribution >= 4 is 40.1 Å². The molecule has 158 valence electrons. The summed E-state index contributed by atoms with van der Waals surface area (Å²) < 4.78 is 0. The summed E-state index contributed by atoms with van der Waals surface area (Å²) in [6, 6.07) is 10.3. The number of halogens is 2. The van der Waals surface area contributed by atoms with Crippen molar-refractivity contribution in [1.82, 2.24) is 14.8 Å². The second-order valence-electron chi connectivity index (χ2n) is 7.57. The highest BCUT2D eigenvalue weighted by Crippen LogP contribution is 2.31. The number of aliphatic hydroxyl groups excluding tert-OH is 1. The van der Waals surface area contributed by atoms with Gasteiger partial charge in [-0.05, 0) is 29.3 Å². The van der Waals surface area contributed by atoms with Gasteiger partial charge in [0.15, 0.2) is 0 Å². The molecule has 3 aromatic rings. The number of nitrogens with one attached hydrogen (secondary N) is 1. The Morgan fingerprint density at radius 2 is 1.87 bits per heavy atom. The predicted octanol–water partition coefficient (Wildman–Crippen LogP) is 3.91. The minimum atomic E-state index is -0.865. The Balaban J connectivity index is 1.48. The Bertz CT molecular complexity index is 1060. The molecule has 0 amide bonds. The van der Waals surface area contributed by atoms with Crippen LogP contribution in [0.1, 0.15) is 22.7 Å². The van der Waals surface area contributed by atoms with Gasteiger partial charge in [0.1, 0.15) is 6.04 Å². The number of fused-ring (bicyclic) bond motifs is 1. The number of nitrogens with zero attached hydrogens (tertiary/aromatic N) is 2. The smallest absolute Gasteiger partial charge is 0.325 e. The molecule has 3 N–H and O–H groups in total. The van der Waals surface area contributed by atoms with Crippen LogP contribution in [-0.2, 0) is 17.9 Å². The van der Waals surface area contributed by atoms with Crippen molar-refractivity contribution in [3.63, 3.8) is 0 Å². The maximum absolute atomic E-state index is 12.2. The maximum atomic E-state index is 12.2. The van der Waals surface area contributed by atoms with Gasteiger partial charge in [-0.3, -0.25) is 14.6 Å². The normalized spacial score (nSPS) is 16.8. The SMILES string of the molecule is O=C(O)[C@H](c1c[nH]c2cc(CO)ccc12)N1CCN(Cc2ccc(Cl)cc2Cl)CC1. The number of piperazine rings is 1. The molecule has 0 bridgehead atoms. The summed E-state index contributed by atoms with van der Waals surface area (Å²) >= 11 is 12.3. The van der Waals surface area contributed by atoms with Gasteiger partial charge in [-0.2, -0.15) is 0 Å². The third kappa shape index (κ3) is 4.33. The monoisotopic (exact) mass is 447 g/mol. The number of H-pyrrole nitrogens is 1. The molecule has 1 aliphatic heterocycles. The van der Waals surface area contributed by atoms with Crippen LogP contribution in [0, 0.1) is 0 Å². The zero-order chi connectivity index (χ0) is 21.3. The summed E-state index contributed by atoms with van der Waals surface area (Å²) in [5.41, 5.74) is 3.38. The molecule has 30 heavy (non-hydrogen) atoms. The van der Waals surface area contributed by atoms with E-state index in [1.165, 1.54) is 0 Å². The lowest BCUT2D eigenvalue weighted by atomic mass is 10.0. The van der Waals surface area contributed by atoms with Crippen molar-refractivity contribution in [2.45, 2.75) is 19.2 Å². The van der Waals surface area contributed by atoms with Gasteiger partial charge in [0.2, 0.25) is 0 Å². The third-order valence-electron chi connectivity index (χ3n) is 5.67. The number of benzene rings is 2. The molecule has 1 saturated heterocycles. The first-order valence-corrected chi connectivity index (χ1v) is 10.6.